The van der Waals surface area contributed by atoms with Crippen LogP contribution in [0.1, 0.15) is 31.2 Å². The van der Waals surface area contributed by atoms with Crippen molar-refractivity contribution in [3.05, 3.63) is 52.8 Å². The lowest BCUT2D eigenvalue weighted by Gasteiger charge is -2.34. The zero-order valence-corrected chi connectivity index (χ0v) is 14.6. The summed E-state index contributed by atoms with van der Waals surface area (Å²) in [6.45, 7) is 3.25. The van der Waals surface area contributed by atoms with E-state index in [4.69, 9.17) is 0 Å². The highest BCUT2D eigenvalue weighted by Gasteiger charge is 2.26. The number of nitrogens with one attached hydrogen (secondary N) is 1. The molecule has 2 aromatic heterocycles. The van der Waals surface area contributed by atoms with E-state index in [1.54, 1.807) is 31.8 Å². The molecule has 0 bridgehead atoms. The number of piperidine rings is 1. The third-order valence-corrected chi connectivity index (χ3v) is 4.64. The average molecular weight is 341 g/mol. The molecule has 0 aliphatic carbocycles. The Bertz CT molecular complexity index is 790. The van der Waals surface area contributed by atoms with E-state index in [9.17, 15) is 9.59 Å². The summed E-state index contributed by atoms with van der Waals surface area (Å²) in [6, 6.07) is 3.74. The van der Waals surface area contributed by atoms with Crippen LogP contribution in [0, 0.1) is 0 Å². The van der Waals surface area contributed by atoms with Crippen LogP contribution in [-0.2, 0) is 11.8 Å². The van der Waals surface area contributed by atoms with E-state index in [1.165, 1.54) is 4.57 Å². The number of anilines is 1. The minimum absolute atomic E-state index is 0.00656. The molecule has 0 saturated carbocycles. The Balaban J connectivity index is 1.66. The zero-order chi connectivity index (χ0) is 17.8. The summed E-state index contributed by atoms with van der Waals surface area (Å²) in [5.74, 6) is 0.171. The van der Waals surface area contributed by atoms with Crippen molar-refractivity contribution < 1.29 is 4.79 Å². The van der Waals surface area contributed by atoms with Crippen LogP contribution in [-0.4, -0.2) is 39.6 Å². The van der Waals surface area contributed by atoms with Crippen LogP contribution in [0.5, 0.6) is 0 Å². The normalized spacial score (nSPS) is 18.6. The SMILES string of the molecule is C[C@@H](C(=O)N[C@@H]1CCCN(c2nccn(C)c2=O)C1)c1cccnc1. The topological polar surface area (TPSA) is 80.1 Å². The number of rotatable bonds is 4. The molecule has 1 N–H and O–H groups in total. The van der Waals surface area contributed by atoms with Gasteiger partial charge in [-0.15, -0.1) is 0 Å². The second kappa shape index (κ2) is 7.46. The molecular formula is C18H23N5O2. The van der Waals surface area contributed by atoms with Gasteiger partial charge in [-0.1, -0.05) is 6.07 Å². The monoisotopic (exact) mass is 341 g/mol. The summed E-state index contributed by atoms with van der Waals surface area (Å²) in [5.41, 5.74) is 0.782. The minimum atomic E-state index is -0.258. The molecule has 1 amide bonds. The smallest absolute Gasteiger partial charge is 0.293 e. The van der Waals surface area contributed by atoms with Gasteiger partial charge in [0.05, 0.1) is 5.92 Å². The van der Waals surface area contributed by atoms with Crippen molar-refractivity contribution >= 4 is 11.7 Å². The number of amides is 1. The second-order valence-electron chi connectivity index (χ2n) is 6.47. The minimum Gasteiger partial charge on any atom is -0.351 e. The number of aromatic nitrogens is 3. The lowest BCUT2D eigenvalue weighted by Crippen LogP contribution is -2.50. The fourth-order valence-corrected chi connectivity index (χ4v) is 3.10. The number of hydrogen-bond donors (Lipinski definition) is 1. The predicted molar refractivity (Wildman–Crippen MR) is 95.5 cm³/mol. The van der Waals surface area contributed by atoms with Crippen molar-refractivity contribution in [2.24, 2.45) is 7.05 Å². The summed E-state index contributed by atoms with van der Waals surface area (Å²) >= 11 is 0. The molecule has 1 aliphatic rings. The molecule has 0 aromatic carbocycles. The molecule has 0 spiro atoms. The van der Waals surface area contributed by atoms with Gasteiger partial charge in [0, 0.05) is 51.0 Å². The highest BCUT2D eigenvalue weighted by molar-refractivity contribution is 5.83. The van der Waals surface area contributed by atoms with Crippen LogP contribution >= 0.6 is 0 Å². The largest absolute Gasteiger partial charge is 0.351 e. The van der Waals surface area contributed by atoms with Gasteiger partial charge in [-0.3, -0.25) is 14.6 Å². The van der Waals surface area contributed by atoms with E-state index in [2.05, 4.69) is 15.3 Å². The van der Waals surface area contributed by atoms with E-state index in [0.29, 0.717) is 12.4 Å². The van der Waals surface area contributed by atoms with Gasteiger partial charge < -0.3 is 14.8 Å². The Morgan fingerprint density at radius 3 is 3.00 bits per heavy atom. The number of pyridine rings is 1. The maximum absolute atomic E-state index is 12.5. The first kappa shape index (κ1) is 17.1. The molecule has 1 aliphatic heterocycles. The van der Waals surface area contributed by atoms with E-state index in [-0.39, 0.29) is 23.4 Å². The Morgan fingerprint density at radius 1 is 1.40 bits per heavy atom. The van der Waals surface area contributed by atoms with Crippen molar-refractivity contribution in [2.75, 3.05) is 18.0 Å². The van der Waals surface area contributed by atoms with E-state index in [0.717, 1.165) is 24.9 Å². The Kier molecular flexibility index (Phi) is 5.11. The van der Waals surface area contributed by atoms with Gasteiger partial charge in [0.2, 0.25) is 5.91 Å². The average Bonchev–Trinajstić information content (AvgIpc) is 2.64. The molecule has 2 atom stereocenters. The Morgan fingerprint density at radius 2 is 2.24 bits per heavy atom. The molecule has 1 fully saturated rings. The van der Waals surface area contributed by atoms with E-state index < -0.39 is 0 Å². The van der Waals surface area contributed by atoms with E-state index >= 15 is 0 Å². The highest BCUT2D eigenvalue weighted by Crippen LogP contribution is 2.17. The third-order valence-electron chi connectivity index (χ3n) is 4.64. The van der Waals surface area contributed by atoms with Gasteiger partial charge in [-0.05, 0) is 31.4 Å². The number of carbonyl (C=O) groups excluding carboxylic acids is 1. The zero-order valence-electron chi connectivity index (χ0n) is 14.6. The third kappa shape index (κ3) is 3.87. The van der Waals surface area contributed by atoms with Gasteiger partial charge >= 0.3 is 0 Å². The van der Waals surface area contributed by atoms with Crippen LogP contribution < -0.4 is 15.8 Å². The van der Waals surface area contributed by atoms with Crippen LogP contribution in [0.25, 0.3) is 0 Å². The molecule has 3 rings (SSSR count). The molecule has 1 saturated heterocycles. The molecule has 25 heavy (non-hydrogen) atoms. The fourth-order valence-electron chi connectivity index (χ4n) is 3.10. The standard InChI is InChI=1S/C18H23N5O2/c1-13(14-5-3-7-19-11-14)17(24)21-15-6-4-9-23(12-15)16-18(25)22(2)10-8-20-16/h3,5,7-8,10-11,13,15H,4,6,9,12H2,1-2H3,(H,21,24)/t13-,15-/m1/s1. The maximum atomic E-state index is 12.5. The summed E-state index contributed by atoms with van der Waals surface area (Å²) in [6.07, 6.45) is 8.49. The number of nitrogens with zero attached hydrogens (tertiary/aromatic N) is 4. The first-order chi connectivity index (χ1) is 12.1. The quantitative estimate of drug-likeness (QED) is 0.900. The Hall–Kier alpha value is -2.70. The van der Waals surface area contributed by atoms with Crippen molar-refractivity contribution in [1.29, 1.82) is 0 Å². The molecule has 3 heterocycles. The maximum Gasteiger partial charge on any atom is 0.293 e. The molecule has 0 radical (unpaired) electrons. The van der Waals surface area contributed by atoms with Gasteiger partial charge in [-0.25, -0.2) is 4.98 Å². The van der Waals surface area contributed by atoms with Gasteiger partial charge in [-0.2, -0.15) is 0 Å². The summed E-state index contributed by atoms with van der Waals surface area (Å²) in [7, 11) is 1.71. The van der Waals surface area contributed by atoms with Crippen molar-refractivity contribution in [3.8, 4) is 0 Å². The molecule has 2 aromatic rings. The van der Waals surface area contributed by atoms with E-state index in [1.807, 2.05) is 24.0 Å². The van der Waals surface area contributed by atoms with Gasteiger partial charge in [0.25, 0.3) is 5.56 Å². The number of carbonyl (C=O) groups is 1. The first-order valence-corrected chi connectivity index (χ1v) is 8.53. The molecule has 7 heteroatoms. The summed E-state index contributed by atoms with van der Waals surface area (Å²) in [4.78, 5) is 35.1. The van der Waals surface area contributed by atoms with Crippen LogP contribution in [0.15, 0.2) is 41.7 Å². The number of hydrogen-bond acceptors (Lipinski definition) is 5. The van der Waals surface area contributed by atoms with Gasteiger partial charge in [0.1, 0.15) is 0 Å². The Labute approximate surface area is 146 Å². The first-order valence-electron chi connectivity index (χ1n) is 8.53. The second-order valence-corrected chi connectivity index (χ2v) is 6.47. The summed E-state index contributed by atoms with van der Waals surface area (Å²) in [5, 5.41) is 3.11. The molecular weight excluding hydrogens is 318 g/mol. The predicted octanol–water partition coefficient (Wildman–Crippen LogP) is 1.06. The van der Waals surface area contributed by atoms with Crippen LogP contribution in [0.2, 0.25) is 0 Å². The van der Waals surface area contributed by atoms with Crippen molar-refractivity contribution in [3.63, 3.8) is 0 Å². The van der Waals surface area contributed by atoms with Crippen LogP contribution in [0.4, 0.5) is 5.82 Å². The van der Waals surface area contributed by atoms with Crippen molar-refractivity contribution in [2.45, 2.75) is 31.7 Å². The van der Waals surface area contributed by atoms with Crippen molar-refractivity contribution in [1.82, 2.24) is 19.9 Å². The van der Waals surface area contributed by atoms with Gasteiger partial charge in [0.15, 0.2) is 5.82 Å². The lowest BCUT2D eigenvalue weighted by atomic mass is 10.00. The molecule has 132 valence electrons. The fraction of sp³-hybridized carbons (Fsp3) is 0.444. The highest BCUT2D eigenvalue weighted by atomic mass is 16.2. The summed E-state index contributed by atoms with van der Waals surface area (Å²) < 4.78 is 1.52. The van der Waals surface area contributed by atoms with Crippen LogP contribution in [0.3, 0.4) is 0 Å². The molecule has 7 nitrogen and oxygen atoms in total. The lowest BCUT2D eigenvalue weighted by molar-refractivity contribution is -0.123. The number of aryl methyl sites for hydroxylation is 1. The molecule has 0 unspecified atom stereocenters.